The molecule has 2 aromatic heterocycles. The van der Waals surface area contributed by atoms with Gasteiger partial charge in [-0.25, -0.2) is 15.0 Å². The highest BCUT2D eigenvalue weighted by Gasteiger charge is 2.28. The smallest absolute Gasteiger partial charge is 0.273 e. The summed E-state index contributed by atoms with van der Waals surface area (Å²) in [4.78, 5) is 26.3. The van der Waals surface area contributed by atoms with Crippen molar-refractivity contribution in [2.45, 2.75) is 17.7 Å². The Morgan fingerprint density at radius 2 is 2.24 bits per heavy atom. The number of carbonyl (C=O) groups is 1. The molecule has 1 atom stereocenters. The van der Waals surface area contributed by atoms with Crippen molar-refractivity contribution < 1.29 is 9.53 Å². The van der Waals surface area contributed by atoms with Gasteiger partial charge in [-0.1, -0.05) is 23.1 Å². The van der Waals surface area contributed by atoms with E-state index in [0.29, 0.717) is 22.6 Å². The van der Waals surface area contributed by atoms with E-state index in [-0.39, 0.29) is 12.0 Å². The Hall–Kier alpha value is -1.67. The van der Waals surface area contributed by atoms with E-state index in [1.807, 2.05) is 10.3 Å². The minimum absolute atomic E-state index is 0.0399. The Bertz CT molecular complexity index is 579. The monoisotopic (exact) mass is 322 g/mol. The molecular formula is C13H14N4O2S2. The first-order chi connectivity index (χ1) is 10.3. The van der Waals surface area contributed by atoms with E-state index in [2.05, 4.69) is 15.0 Å². The van der Waals surface area contributed by atoms with Gasteiger partial charge in [-0.3, -0.25) is 4.79 Å². The molecular weight excluding hydrogens is 308 g/mol. The van der Waals surface area contributed by atoms with Crippen molar-refractivity contribution in [3.63, 3.8) is 0 Å². The standard InChI is InChI=1S/C13H14N4O2S2/c18-11(9-21-12-14-3-1-4-15-12)17-6-2-10(8-17)19-13-16-5-7-20-13/h1,3-5,7,10H,2,6,8-9H2. The van der Waals surface area contributed by atoms with Crippen molar-refractivity contribution in [1.82, 2.24) is 19.9 Å². The zero-order valence-corrected chi connectivity index (χ0v) is 12.8. The Morgan fingerprint density at radius 3 is 3.00 bits per heavy atom. The maximum atomic E-state index is 12.1. The Balaban J connectivity index is 1.46. The summed E-state index contributed by atoms with van der Waals surface area (Å²) in [6, 6.07) is 1.76. The average molecular weight is 322 g/mol. The molecule has 1 amide bonds. The zero-order chi connectivity index (χ0) is 14.5. The summed E-state index contributed by atoms with van der Waals surface area (Å²) in [7, 11) is 0. The van der Waals surface area contributed by atoms with Crippen LogP contribution in [0.25, 0.3) is 0 Å². The molecule has 21 heavy (non-hydrogen) atoms. The molecule has 1 fully saturated rings. The fourth-order valence-corrected chi connectivity index (χ4v) is 3.30. The first kappa shape index (κ1) is 14.3. The van der Waals surface area contributed by atoms with E-state index in [1.165, 1.54) is 23.1 Å². The fraction of sp³-hybridized carbons (Fsp3) is 0.385. The molecule has 2 aromatic rings. The molecule has 1 saturated heterocycles. The van der Waals surface area contributed by atoms with Gasteiger partial charge in [-0.2, -0.15) is 0 Å². The number of hydrogen-bond acceptors (Lipinski definition) is 7. The summed E-state index contributed by atoms with van der Waals surface area (Å²) < 4.78 is 5.74. The molecule has 0 N–H and O–H groups in total. The van der Waals surface area contributed by atoms with Gasteiger partial charge in [0.2, 0.25) is 5.91 Å². The normalized spacial score (nSPS) is 17.9. The molecule has 0 aliphatic carbocycles. The van der Waals surface area contributed by atoms with Crippen LogP contribution in [0.2, 0.25) is 0 Å². The van der Waals surface area contributed by atoms with Crippen molar-refractivity contribution >= 4 is 29.0 Å². The number of thiazole rings is 1. The lowest BCUT2D eigenvalue weighted by molar-refractivity contribution is -0.127. The lowest BCUT2D eigenvalue weighted by Gasteiger charge is -2.16. The number of amides is 1. The summed E-state index contributed by atoms with van der Waals surface area (Å²) >= 11 is 2.83. The molecule has 0 spiro atoms. The third-order valence-corrected chi connectivity index (χ3v) is 4.56. The van der Waals surface area contributed by atoms with Gasteiger partial charge in [-0.05, 0) is 6.07 Å². The zero-order valence-electron chi connectivity index (χ0n) is 11.2. The second-order valence-electron chi connectivity index (χ2n) is 4.49. The van der Waals surface area contributed by atoms with E-state index in [4.69, 9.17) is 4.74 Å². The van der Waals surface area contributed by atoms with Crippen LogP contribution in [0.4, 0.5) is 0 Å². The Labute approximate surface area is 130 Å². The van der Waals surface area contributed by atoms with Crippen LogP contribution >= 0.6 is 23.1 Å². The van der Waals surface area contributed by atoms with Crippen molar-refractivity contribution in [1.29, 1.82) is 0 Å². The molecule has 8 heteroatoms. The van der Waals surface area contributed by atoms with E-state index >= 15 is 0 Å². The summed E-state index contributed by atoms with van der Waals surface area (Å²) in [6.07, 6.45) is 5.95. The molecule has 0 radical (unpaired) electrons. The average Bonchev–Trinajstić information content (AvgIpc) is 3.18. The summed E-state index contributed by atoms with van der Waals surface area (Å²) in [5.41, 5.74) is 0. The van der Waals surface area contributed by atoms with Gasteiger partial charge in [0, 0.05) is 36.9 Å². The van der Waals surface area contributed by atoms with Gasteiger partial charge in [0.15, 0.2) is 5.16 Å². The molecule has 1 aliphatic heterocycles. The quantitative estimate of drug-likeness (QED) is 0.616. The van der Waals surface area contributed by atoms with Crippen LogP contribution < -0.4 is 4.74 Å². The van der Waals surface area contributed by atoms with Gasteiger partial charge in [0.05, 0.1) is 12.3 Å². The van der Waals surface area contributed by atoms with Gasteiger partial charge >= 0.3 is 0 Å². The third-order valence-electron chi connectivity index (χ3n) is 3.04. The van der Waals surface area contributed by atoms with Crippen LogP contribution in [-0.2, 0) is 4.79 Å². The van der Waals surface area contributed by atoms with Gasteiger partial charge in [-0.15, -0.1) is 0 Å². The van der Waals surface area contributed by atoms with Gasteiger partial charge < -0.3 is 9.64 Å². The van der Waals surface area contributed by atoms with Gasteiger partial charge in [0.1, 0.15) is 6.10 Å². The summed E-state index contributed by atoms with van der Waals surface area (Å²) in [5, 5.41) is 3.17. The minimum Gasteiger partial charge on any atom is -0.465 e. The number of nitrogens with zero attached hydrogens (tertiary/aromatic N) is 4. The molecule has 0 bridgehead atoms. The SMILES string of the molecule is O=C(CSc1ncccn1)N1CCC(Oc2nccs2)C1. The molecule has 3 rings (SSSR count). The molecule has 1 unspecified atom stereocenters. The van der Waals surface area contributed by atoms with Crippen molar-refractivity contribution in [3.05, 3.63) is 30.0 Å². The third kappa shape index (κ3) is 3.92. The molecule has 1 aliphatic rings. The predicted octanol–water partition coefficient (Wildman–Crippen LogP) is 1.71. The number of aromatic nitrogens is 3. The lowest BCUT2D eigenvalue weighted by atomic mass is 10.3. The second kappa shape index (κ2) is 6.86. The van der Waals surface area contributed by atoms with Crippen molar-refractivity contribution in [2.75, 3.05) is 18.8 Å². The number of ether oxygens (including phenoxy) is 1. The molecule has 3 heterocycles. The number of rotatable bonds is 5. The number of likely N-dealkylation sites (tertiary alicyclic amines) is 1. The number of hydrogen-bond donors (Lipinski definition) is 0. The highest BCUT2D eigenvalue weighted by atomic mass is 32.2. The predicted molar refractivity (Wildman–Crippen MR) is 80.5 cm³/mol. The lowest BCUT2D eigenvalue weighted by Crippen LogP contribution is -2.32. The molecule has 0 aromatic carbocycles. The molecule has 0 saturated carbocycles. The Kier molecular flexibility index (Phi) is 4.66. The maximum absolute atomic E-state index is 12.1. The highest BCUT2D eigenvalue weighted by molar-refractivity contribution is 7.99. The fourth-order valence-electron chi connectivity index (χ4n) is 2.04. The minimum atomic E-state index is 0.0399. The Morgan fingerprint density at radius 1 is 1.38 bits per heavy atom. The van der Waals surface area contributed by atoms with Crippen LogP contribution in [0.15, 0.2) is 35.2 Å². The van der Waals surface area contributed by atoms with E-state index in [9.17, 15) is 4.79 Å². The summed E-state index contributed by atoms with van der Waals surface area (Å²) in [6.45, 7) is 1.35. The first-order valence-electron chi connectivity index (χ1n) is 6.55. The highest BCUT2D eigenvalue weighted by Crippen LogP contribution is 2.21. The summed E-state index contributed by atoms with van der Waals surface area (Å²) in [5.74, 6) is 0.450. The van der Waals surface area contributed by atoms with E-state index < -0.39 is 0 Å². The first-order valence-corrected chi connectivity index (χ1v) is 8.41. The van der Waals surface area contributed by atoms with Crippen LogP contribution in [-0.4, -0.2) is 50.7 Å². The number of thioether (sulfide) groups is 1. The topological polar surface area (TPSA) is 68.2 Å². The molecule has 110 valence electrons. The molecule has 6 nitrogen and oxygen atoms in total. The van der Waals surface area contributed by atoms with Gasteiger partial charge in [0.25, 0.3) is 5.19 Å². The largest absolute Gasteiger partial charge is 0.465 e. The van der Waals surface area contributed by atoms with Crippen LogP contribution in [0.3, 0.4) is 0 Å². The van der Waals surface area contributed by atoms with E-state index in [1.54, 1.807) is 24.7 Å². The number of carbonyl (C=O) groups excluding carboxylic acids is 1. The maximum Gasteiger partial charge on any atom is 0.273 e. The van der Waals surface area contributed by atoms with E-state index in [0.717, 1.165) is 13.0 Å². The van der Waals surface area contributed by atoms with Crippen molar-refractivity contribution in [2.24, 2.45) is 0 Å². The van der Waals surface area contributed by atoms with Crippen LogP contribution in [0.1, 0.15) is 6.42 Å². The second-order valence-corrected chi connectivity index (χ2v) is 6.29. The van der Waals surface area contributed by atoms with Crippen LogP contribution in [0.5, 0.6) is 5.19 Å². The van der Waals surface area contributed by atoms with Crippen molar-refractivity contribution in [3.8, 4) is 5.19 Å². The van der Waals surface area contributed by atoms with Crippen LogP contribution in [0, 0.1) is 0 Å².